The van der Waals surface area contributed by atoms with Crippen molar-refractivity contribution in [1.29, 1.82) is 0 Å². The summed E-state index contributed by atoms with van der Waals surface area (Å²) >= 11 is 0. The zero-order valence-electron chi connectivity index (χ0n) is 12.4. The molecule has 22 heavy (non-hydrogen) atoms. The lowest BCUT2D eigenvalue weighted by Gasteiger charge is -2.16. The Labute approximate surface area is 128 Å². The second-order valence-corrected chi connectivity index (χ2v) is 5.70. The minimum atomic E-state index is 0.134. The van der Waals surface area contributed by atoms with Crippen molar-refractivity contribution in [1.82, 2.24) is 24.2 Å². The summed E-state index contributed by atoms with van der Waals surface area (Å²) in [5.41, 5.74) is 4.75. The van der Waals surface area contributed by atoms with Crippen molar-refractivity contribution in [2.24, 2.45) is 0 Å². The molecule has 0 bridgehead atoms. The molecule has 114 valence electrons. The Hall–Kier alpha value is -2.18. The van der Waals surface area contributed by atoms with Gasteiger partial charge < -0.3 is 9.67 Å². The van der Waals surface area contributed by atoms with E-state index in [2.05, 4.69) is 31.7 Å². The highest BCUT2D eigenvalue weighted by molar-refractivity contribution is 5.74. The van der Waals surface area contributed by atoms with Crippen LogP contribution < -0.4 is 0 Å². The van der Waals surface area contributed by atoms with E-state index < -0.39 is 0 Å². The summed E-state index contributed by atoms with van der Waals surface area (Å²) in [6, 6.07) is 8.22. The van der Waals surface area contributed by atoms with E-state index in [9.17, 15) is 0 Å². The maximum Gasteiger partial charge on any atom is 0.0958 e. The molecule has 2 aromatic heterocycles. The van der Waals surface area contributed by atoms with Crippen LogP contribution in [0.4, 0.5) is 0 Å². The van der Waals surface area contributed by atoms with Crippen LogP contribution in [-0.2, 0) is 26.2 Å². The molecular formula is C16H19N5O. The first-order chi connectivity index (χ1) is 10.8. The number of hydrogen-bond acceptors (Lipinski definition) is 4. The summed E-state index contributed by atoms with van der Waals surface area (Å²) in [5.74, 6) is 0. The van der Waals surface area contributed by atoms with Crippen molar-refractivity contribution in [3.05, 3.63) is 48.0 Å². The number of aliphatic hydroxyl groups excluding tert-OH is 1. The number of aromatic nitrogens is 4. The standard InChI is InChI=1S/C16H19N5O/c22-8-7-21-16-11-19(10-13(16)9-18-21)5-6-20-12-17-14-3-1-2-4-15(14)20/h1-4,9,12,22H,5-8,10-11H2. The topological polar surface area (TPSA) is 59.1 Å². The molecule has 0 saturated heterocycles. The molecule has 0 amide bonds. The Morgan fingerprint density at radius 2 is 2.00 bits per heavy atom. The number of imidazole rings is 1. The van der Waals surface area contributed by atoms with E-state index in [-0.39, 0.29) is 6.61 Å². The molecule has 1 aliphatic heterocycles. The van der Waals surface area contributed by atoms with Gasteiger partial charge in [0.1, 0.15) is 0 Å². The van der Waals surface area contributed by atoms with Gasteiger partial charge >= 0.3 is 0 Å². The Morgan fingerprint density at radius 1 is 1.09 bits per heavy atom. The lowest BCUT2D eigenvalue weighted by Crippen LogP contribution is -2.23. The first kappa shape index (κ1) is 13.5. The van der Waals surface area contributed by atoms with Crippen molar-refractivity contribution in [3.63, 3.8) is 0 Å². The van der Waals surface area contributed by atoms with Gasteiger partial charge in [-0.1, -0.05) is 12.1 Å². The lowest BCUT2D eigenvalue weighted by atomic mass is 10.3. The average Bonchev–Trinajstić information content (AvgIpc) is 3.21. The van der Waals surface area contributed by atoms with Crippen LogP contribution in [0.25, 0.3) is 11.0 Å². The lowest BCUT2D eigenvalue weighted by molar-refractivity contribution is 0.250. The number of para-hydroxylation sites is 2. The van der Waals surface area contributed by atoms with E-state index in [0.29, 0.717) is 6.54 Å². The SMILES string of the molecule is OCCn1ncc2c1CN(CCn1cnc3ccccc31)C2. The smallest absolute Gasteiger partial charge is 0.0958 e. The largest absolute Gasteiger partial charge is 0.394 e. The first-order valence-corrected chi connectivity index (χ1v) is 7.62. The summed E-state index contributed by atoms with van der Waals surface area (Å²) in [4.78, 5) is 6.85. The van der Waals surface area contributed by atoms with Gasteiger partial charge in [0, 0.05) is 31.7 Å². The first-order valence-electron chi connectivity index (χ1n) is 7.62. The fourth-order valence-corrected chi connectivity index (χ4v) is 3.16. The Balaban J connectivity index is 1.43. The second kappa shape index (κ2) is 5.55. The predicted molar refractivity (Wildman–Crippen MR) is 83.2 cm³/mol. The Kier molecular flexibility index (Phi) is 3.40. The van der Waals surface area contributed by atoms with Gasteiger partial charge in [-0.25, -0.2) is 4.98 Å². The van der Waals surface area contributed by atoms with Crippen LogP contribution in [0.15, 0.2) is 36.8 Å². The minimum Gasteiger partial charge on any atom is -0.394 e. The maximum absolute atomic E-state index is 9.08. The predicted octanol–water partition coefficient (Wildman–Crippen LogP) is 1.24. The summed E-state index contributed by atoms with van der Waals surface area (Å²) in [6.07, 6.45) is 3.85. The second-order valence-electron chi connectivity index (χ2n) is 5.70. The van der Waals surface area contributed by atoms with Crippen molar-refractivity contribution in [2.45, 2.75) is 26.2 Å². The molecule has 4 rings (SSSR count). The highest BCUT2D eigenvalue weighted by Crippen LogP contribution is 2.22. The molecule has 0 aliphatic carbocycles. The number of nitrogens with zero attached hydrogens (tertiary/aromatic N) is 5. The van der Waals surface area contributed by atoms with Crippen LogP contribution in [0.5, 0.6) is 0 Å². The van der Waals surface area contributed by atoms with E-state index in [1.807, 2.05) is 29.3 Å². The van der Waals surface area contributed by atoms with Crippen LogP contribution in [0.1, 0.15) is 11.3 Å². The van der Waals surface area contributed by atoms with Crippen LogP contribution in [0.2, 0.25) is 0 Å². The third-order valence-corrected chi connectivity index (χ3v) is 4.30. The molecule has 0 radical (unpaired) electrons. The van der Waals surface area contributed by atoms with E-state index in [1.54, 1.807) is 0 Å². The summed E-state index contributed by atoms with van der Waals surface area (Å²) < 4.78 is 4.13. The molecule has 0 unspecified atom stereocenters. The molecule has 1 N–H and O–H groups in total. The fraction of sp³-hybridized carbons (Fsp3) is 0.375. The number of fused-ring (bicyclic) bond motifs is 2. The summed E-state index contributed by atoms with van der Waals surface area (Å²) in [7, 11) is 0. The molecule has 6 heteroatoms. The highest BCUT2D eigenvalue weighted by atomic mass is 16.3. The van der Waals surface area contributed by atoms with Crippen molar-refractivity contribution >= 4 is 11.0 Å². The zero-order chi connectivity index (χ0) is 14.9. The van der Waals surface area contributed by atoms with Gasteiger partial charge in [0.15, 0.2) is 0 Å². The van der Waals surface area contributed by atoms with Crippen molar-refractivity contribution in [2.75, 3.05) is 13.2 Å². The normalized spacial score (nSPS) is 14.8. The van der Waals surface area contributed by atoms with Crippen LogP contribution in [0.3, 0.4) is 0 Å². The third-order valence-electron chi connectivity index (χ3n) is 4.30. The number of benzene rings is 1. The zero-order valence-corrected chi connectivity index (χ0v) is 12.4. The van der Waals surface area contributed by atoms with Crippen LogP contribution in [0, 0.1) is 0 Å². The van der Waals surface area contributed by atoms with Gasteiger partial charge in [-0.2, -0.15) is 5.10 Å². The van der Waals surface area contributed by atoms with Gasteiger partial charge in [-0.3, -0.25) is 9.58 Å². The quantitative estimate of drug-likeness (QED) is 0.770. The third kappa shape index (κ3) is 2.30. The van der Waals surface area contributed by atoms with Gasteiger partial charge in [0.05, 0.1) is 42.4 Å². The molecular weight excluding hydrogens is 278 g/mol. The molecule has 3 heterocycles. The highest BCUT2D eigenvalue weighted by Gasteiger charge is 2.23. The van der Waals surface area contributed by atoms with Gasteiger partial charge in [-0.05, 0) is 12.1 Å². The monoisotopic (exact) mass is 297 g/mol. The molecule has 0 atom stereocenters. The number of aliphatic hydroxyl groups is 1. The fourth-order valence-electron chi connectivity index (χ4n) is 3.16. The minimum absolute atomic E-state index is 0.134. The van der Waals surface area contributed by atoms with E-state index in [0.717, 1.165) is 31.7 Å². The van der Waals surface area contributed by atoms with Crippen molar-refractivity contribution < 1.29 is 5.11 Å². The van der Waals surface area contributed by atoms with Crippen molar-refractivity contribution in [3.8, 4) is 0 Å². The van der Waals surface area contributed by atoms with Crippen LogP contribution in [-0.4, -0.2) is 42.5 Å². The van der Waals surface area contributed by atoms with Gasteiger partial charge in [0.25, 0.3) is 0 Å². The Morgan fingerprint density at radius 3 is 2.91 bits per heavy atom. The van der Waals surface area contributed by atoms with E-state index in [4.69, 9.17) is 5.11 Å². The molecule has 0 saturated carbocycles. The van der Waals surface area contributed by atoms with Crippen LogP contribution >= 0.6 is 0 Å². The maximum atomic E-state index is 9.08. The van der Waals surface area contributed by atoms with Gasteiger partial charge in [-0.15, -0.1) is 0 Å². The van der Waals surface area contributed by atoms with Gasteiger partial charge in [0.2, 0.25) is 0 Å². The number of hydrogen-bond donors (Lipinski definition) is 1. The molecule has 6 nitrogen and oxygen atoms in total. The molecule has 3 aromatic rings. The van der Waals surface area contributed by atoms with E-state index >= 15 is 0 Å². The van der Waals surface area contributed by atoms with E-state index in [1.165, 1.54) is 16.8 Å². The summed E-state index contributed by atoms with van der Waals surface area (Å²) in [5, 5.41) is 13.4. The molecule has 0 spiro atoms. The molecule has 0 fully saturated rings. The Bertz CT molecular complexity index is 791. The number of rotatable bonds is 5. The average molecular weight is 297 g/mol. The summed E-state index contributed by atoms with van der Waals surface area (Å²) in [6.45, 7) is 4.46. The molecule has 1 aliphatic rings. The molecule has 1 aromatic carbocycles.